The van der Waals surface area contributed by atoms with Gasteiger partial charge in [-0.15, -0.1) is 0 Å². The lowest BCUT2D eigenvalue weighted by atomic mass is 10.1. The van der Waals surface area contributed by atoms with Gasteiger partial charge in [-0.25, -0.2) is 15.0 Å². The normalized spacial score (nSPS) is 17.2. The fourth-order valence-corrected chi connectivity index (χ4v) is 4.61. The van der Waals surface area contributed by atoms with Crippen LogP contribution in [0.5, 0.6) is 0 Å². The molecule has 10 nitrogen and oxygen atoms in total. The van der Waals surface area contributed by atoms with E-state index in [1.807, 2.05) is 30.5 Å². The molecule has 0 amide bonds. The van der Waals surface area contributed by atoms with Crippen molar-refractivity contribution in [2.24, 2.45) is 0 Å². The molecule has 2 saturated heterocycles. The van der Waals surface area contributed by atoms with Crippen molar-refractivity contribution in [1.29, 1.82) is 0 Å². The molecule has 1 aromatic carbocycles. The quantitative estimate of drug-likeness (QED) is 0.403. The van der Waals surface area contributed by atoms with E-state index in [0.717, 1.165) is 80.5 Å². The Balaban J connectivity index is 1.24. The minimum absolute atomic E-state index is 0.207. The van der Waals surface area contributed by atoms with Gasteiger partial charge in [0.25, 0.3) is 0 Å². The zero-order valence-electron chi connectivity index (χ0n) is 19.4. The number of pyridine rings is 1. The smallest absolute Gasteiger partial charge is 0.229 e. The molecule has 4 aromatic rings. The first-order valence-corrected chi connectivity index (χ1v) is 12.0. The number of piperidine rings is 1. The predicted octanol–water partition coefficient (Wildman–Crippen LogP) is 2.96. The van der Waals surface area contributed by atoms with Crippen LogP contribution >= 0.6 is 0 Å². The Labute approximate surface area is 203 Å². The first-order chi connectivity index (χ1) is 17.2. The molecule has 2 aliphatic rings. The molecule has 3 aromatic heterocycles. The highest BCUT2D eigenvalue weighted by Gasteiger charge is 2.19. The fourth-order valence-electron chi connectivity index (χ4n) is 4.61. The van der Waals surface area contributed by atoms with Crippen molar-refractivity contribution in [3.63, 3.8) is 0 Å². The van der Waals surface area contributed by atoms with Gasteiger partial charge in [-0.2, -0.15) is 4.98 Å². The van der Waals surface area contributed by atoms with Crippen LogP contribution in [0.15, 0.2) is 48.9 Å². The van der Waals surface area contributed by atoms with Gasteiger partial charge < -0.3 is 29.9 Å². The number of hydrogen-bond donors (Lipinski definition) is 3. The minimum Gasteiger partial charge on any atom is -0.393 e. The third kappa shape index (κ3) is 4.62. The van der Waals surface area contributed by atoms with Gasteiger partial charge in [0.05, 0.1) is 25.6 Å². The minimum atomic E-state index is -0.207. The molecule has 180 valence electrons. The molecule has 0 spiro atoms. The number of H-pyrrole nitrogens is 1. The summed E-state index contributed by atoms with van der Waals surface area (Å²) in [5, 5.41) is 13.1. The SMILES string of the molecule is OC1CCN(c2ccc(-c3nc(Nc4ccc(N5CCOCC5)cc4)nc4nc[nH]c34)cn2)CC1. The van der Waals surface area contributed by atoms with Crippen molar-refractivity contribution >= 4 is 34.3 Å². The Morgan fingerprint density at radius 2 is 1.71 bits per heavy atom. The van der Waals surface area contributed by atoms with Crippen molar-refractivity contribution in [2.45, 2.75) is 18.9 Å². The number of morpholine rings is 1. The Morgan fingerprint density at radius 3 is 2.46 bits per heavy atom. The zero-order chi connectivity index (χ0) is 23.6. The molecule has 3 N–H and O–H groups in total. The second-order valence-corrected chi connectivity index (χ2v) is 8.89. The average Bonchev–Trinajstić information content (AvgIpc) is 3.39. The van der Waals surface area contributed by atoms with Crippen molar-refractivity contribution < 1.29 is 9.84 Å². The van der Waals surface area contributed by atoms with Crippen molar-refractivity contribution in [2.75, 3.05) is 54.5 Å². The number of imidazole rings is 1. The van der Waals surface area contributed by atoms with Crippen molar-refractivity contribution in [3.8, 4) is 11.3 Å². The molecule has 0 radical (unpaired) electrons. The Kier molecular flexibility index (Phi) is 5.89. The molecule has 0 unspecified atom stereocenters. The summed E-state index contributed by atoms with van der Waals surface area (Å²) in [4.78, 5) is 26.1. The van der Waals surface area contributed by atoms with Crippen molar-refractivity contribution in [1.82, 2.24) is 24.9 Å². The van der Waals surface area contributed by atoms with E-state index in [1.165, 1.54) is 5.69 Å². The van der Waals surface area contributed by atoms with Gasteiger partial charge in [0.1, 0.15) is 17.0 Å². The summed E-state index contributed by atoms with van der Waals surface area (Å²) in [6, 6.07) is 12.3. The average molecular weight is 473 g/mol. The van der Waals surface area contributed by atoms with Crippen LogP contribution in [0.4, 0.5) is 23.1 Å². The number of aliphatic hydroxyl groups excluding tert-OH is 1. The van der Waals surface area contributed by atoms with Crippen LogP contribution in [0.2, 0.25) is 0 Å². The lowest BCUT2D eigenvalue weighted by Gasteiger charge is -2.30. The summed E-state index contributed by atoms with van der Waals surface area (Å²) in [6.45, 7) is 4.95. The van der Waals surface area contributed by atoms with Crippen LogP contribution in [-0.2, 0) is 4.74 Å². The van der Waals surface area contributed by atoms with Crippen LogP contribution in [0.3, 0.4) is 0 Å². The predicted molar refractivity (Wildman–Crippen MR) is 135 cm³/mol. The molecule has 0 atom stereocenters. The highest BCUT2D eigenvalue weighted by atomic mass is 16.5. The second-order valence-electron chi connectivity index (χ2n) is 8.89. The van der Waals surface area contributed by atoms with Crippen LogP contribution in [-0.4, -0.2) is 75.5 Å². The zero-order valence-corrected chi connectivity index (χ0v) is 19.4. The number of hydrogen-bond acceptors (Lipinski definition) is 9. The number of rotatable bonds is 5. The maximum Gasteiger partial charge on any atom is 0.229 e. The maximum atomic E-state index is 9.77. The van der Waals surface area contributed by atoms with E-state index in [2.05, 4.69) is 47.2 Å². The largest absolute Gasteiger partial charge is 0.393 e. The summed E-state index contributed by atoms with van der Waals surface area (Å²) < 4.78 is 5.45. The molecule has 0 saturated carbocycles. The Bertz CT molecular complexity index is 1280. The highest BCUT2D eigenvalue weighted by molar-refractivity contribution is 5.88. The van der Waals surface area contributed by atoms with Crippen LogP contribution in [0, 0.1) is 0 Å². The number of ether oxygens (including phenoxy) is 1. The lowest BCUT2D eigenvalue weighted by molar-refractivity contribution is 0.122. The standard InChI is InChI=1S/C25H28N8O2/c34-20-7-9-33(10-8-20)21-6-1-17(15-26-21)22-23-24(28-16-27-23)31-25(30-22)29-18-2-4-19(5-3-18)32-11-13-35-14-12-32/h1-6,15-16,20,34H,7-14H2,(H2,27,28,29,30,31). The van der Waals surface area contributed by atoms with E-state index in [4.69, 9.17) is 9.72 Å². The van der Waals surface area contributed by atoms with Gasteiger partial charge in [0.2, 0.25) is 5.95 Å². The molecule has 0 aliphatic carbocycles. The lowest BCUT2D eigenvalue weighted by Crippen LogP contribution is -2.36. The molecular formula is C25H28N8O2. The molecule has 0 bridgehead atoms. The summed E-state index contributed by atoms with van der Waals surface area (Å²) >= 11 is 0. The summed E-state index contributed by atoms with van der Waals surface area (Å²) in [6.07, 6.45) is 4.80. The number of aliphatic hydroxyl groups is 1. The molecule has 10 heteroatoms. The number of nitrogens with zero attached hydrogens (tertiary/aromatic N) is 6. The maximum absolute atomic E-state index is 9.77. The molecule has 5 heterocycles. The summed E-state index contributed by atoms with van der Waals surface area (Å²) in [5.74, 6) is 1.39. The Morgan fingerprint density at radius 1 is 0.914 bits per heavy atom. The van der Waals surface area contributed by atoms with Crippen LogP contribution in [0.1, 0.15) is 12.8 Å². The second kappa shape index (κ2) is 9.47. The van der Waals surface area contributed by atoms with Crippen LogP contribution < -0.4 is 15.1 Å². The summed E-state index contributed by atoms with van der Waals surface area (Å²) in [5.41, 5.74) is 5.08. The van der Waals surface area contributed by atoms with E-state index in [1.54, 1.807) is 6.33 Å². The van der Waals surface area contributed by atoms with Gasteiger partial charge in [-0.3, -0.25) is 0 Å². The fraction of sp³-hybridized carbons (Fsp3) is 0.360. The van der Waals surface area contributed by atoms with Gasteiger partial charge in [-0.1, -0.05) is 0 Å². The first kappa shape index (κ1) is 21.8. The van der Waals surface area contributed by atoms with Gasteiger partial charge in [0.15, 0.2) is 5.65 Å². The van der Waals surface area contributed by atoms with Gasteiger partial charge >= 0.3 is 0 Å². The third-order valence-corrected chi connectivity index (χ3v) is 6.60. The summed E-state index contributed by atoms with van der Waals surface area (Å²) in [7, 11) is 0. The van der Waals surface area contributed by atoms with Gasteiger partial charge in [0, 0.05) is 49.3 Å². The monoisotopic (exact) mass is 472 g/mol. The molecule has 2 fully saturated rings. The molecule has 2 aliphatic heterocycles. The molecular weight excluding hydrogens is 444 g/mol. The highest BCUT2D eigenvalue weighted by Crippen LogP contribution is 2.28. The first-order valence-electron chi connectivity index (χ1n) is 12.0. The van der Waals surface area contributed by atoms with Crippen LogP contribution in [0.25, 0.3) is 22.4 Å². The van der Waals surface area contributed by atoms with Crippen molar-refractivity contribution in [3.05, 3.63) is 48.9 Å². The molecule has 35 heavy (non-hydrogen) atoms. The number of fused-ring (bicyclic) bond motifs is 1. The topological polar surface area (TPSA) is 115 Å². The number of aromatic nitrogens is 5. The van der Waals surface area contributed by atoms with E-state index in [-0.39, 0.29) is 6.10 Å². The van der Waals surface area contributed by atoms with Gasteiger partial charge in [-0.05, 0) is 49.2 Å². The Hall–Kier alpha value is -3.76. The number of benzene rings is 1. The molecule has 6 rings (SSSR count). The van der Waals surface area contributed by atoms with E-state index in [9.17, 15) is 5.11 Å². The van der Waals surface area contributed by atoms with E-state index in [0.29, 0.717) is 11.6 Å². The number of anilines is 4. The van der Waals surface area contributed by atoms with E-state index < -0.39 is 0 Å². The number of nitrogens with one attached hydrogen (secondary N) is 2. The third-order valence-electron chi connectivity index (χ3n) is 6.60. The van der Waals surface area contributed by atoms with E-state index >= 15 is 0 Å². The number of aromatic amines is 1.